The van der Waals surface area contributed by atoms with E-state index in [1.807, 2.05) is 6.08 Å². The molecule has 2 heteroatoms. The molecule has 1 saturated carbocycles. The molecule has 3 rings (SSSR count). The van der Waals surface area contributed by atoms with E-state index in [0.717, 1.165) is 25.5 Å². The Balaban J connectivity index is 2.14. The molecule has 0 amide bonds. The largest absolute Gasteiger partial charge is 0.299 e. The van der Waals surface area contributed by atoms with Gasteiger partial charge in [0.25, 0.3) is 0 Å². The van der Waals surface area contributed by atoms with Crippen LogP contribution >= 0.6 is 0 Å². The summed E-state index contributed by atoms with van der Waals surface area (Å²) < 4.78 is 0. The predicted molar refractivity (Wildman–Crippen MR) is 83.8 cm³/mol. The van der Waals surface area contributed by atoms with Gasteiger partial charge in [-0.15, -0.1) is 0 Å². The zero-order valence-corrected chi connectivity index (χ0v) is 13.2. The van der Waals surface area contributed by atoms with Gasteiger partial charge in [0.2, 0.25) is 0 Å². The van der Waals surface area contributed by atoms with Crippen LogP contribution in [-0.2, 0) is 9.59 Å². The molecule has 0 bridgehead atoms. The maximum Gasteiger partial charge on any atom is 0.146 e. The third-order valence-corrected chi connectivity index (χ3v) is 5.61. The van der Waals surface area contributed by atoms with Crippen molar-refractivity contribution in [3.8, 4) is 0 Å². The van der Waals surface area contributed by atoms with Gasteiger partial charge >= 0.3 is 0 Å². The van der Waals surface area contributed by atoms with Crippen LogP contribution in [-0.4, -0.2) is 12.1 Å². The highest BCUT2D eigenvalue weighted by molar-refractivity contribution is 5.94. The molecule has 1 fully saturated rings. The number of hydrogen-bond acceptors (Lipinski definition) is 2. The Labute approximate surface area is 127 Å². The Bertz CT molecular complexity index is 589. The summed E-state index contributed by atoms with van der Waals surface area (Å²) >= 11 is 0. The molecule has 2 atom stereocenters. The Kier molecular flexibility index (Phi) is 3.51. The maximum atomic E-state index is 12.5. The van der Waals surface area contributed by atoms with Crippen LogP contribution in [0.15, 0.2) is 34.4 Å². The van der Waals surface area contributed by atoms with Gasteiger partial charge < -0.3 is 0 Å². The van der Waals surface area contributed by atoms with Gasteiger partial charge in [0.15, 0.2) is 0 Å². The SMILES string of the molecule is CC(C)C1=C2C3=CC=C(C=O)CC(=O)C3CCC2(C)CC1. The van der Waals surface area contributed by atoms with E-state index in [2.05, 4.69) is 26.8 Å². The minimum Gasteiger partial charge on any atom is -0.299 e. The van der Waals surface area contributed by atoms with E-state index in [4.69, 9.17) is 0 Å². The lowest BCUT2D eigenvalue weighted by Gasteiger charge is -2.39. The van der Waals surface area contributed by atoms with Gasteiger partial charge in [-0.05, 0) is 53.7 Å². The van der Waals surface area contributed by atoms with Crippen LogP contribution in [0.4, 0.5) is 0 Å². The van der Waals surface area contributed by atoms with E-state index >= 15 is 0 Å². The van der Waals surface area contributed by atoms with Crippen molar-refractivity contribution >= 4 is 12.1 Å². The summed E-state index contributed by atoms with van der Waals surface area (Å²) in [6, 6.07) is 0. The smallest absolute Gasteiger partial charge is 0.146 e. The molecule has 0 aromatic heterocycles. The van der Waals surface area contributed by atoms with Crippen LogP contribution in [0.1, 0.15) is 52.9 Å². The molecular weight excluding hydrogens is 260 g/mol. The van der Waals surface area contributed by atoms with Crippen molar-refractivity contribution in [2.24, 2.45) is 17.3 Å². The first-order valence-electron chi connectivity index (χ1n) is 8.09. The standard InChI is InChI=1S/C19H24O2/c1-12(2)14-6-8-19(3)9-7-15-16(18(14)19)5-4-13(11-20)10-17(15)21/h4-5,11-12,15H,6-10H2,1-3H3. The highest BCUT2D eigenvalue weighted by Crippen LogP contribution is 2.57. The van der Waals surface area contributed by atoms with Crippen molar-refractivity contribution in [3.05, 3.63) is 34.4 Å². The van der Waals surface area contributed by atoms with Gasteiger partial charge in [0, 0.05) is 12.3 Å². The lowest BCUT2D eigenvalue weighted by Crippen LogP contribution is -2.31. The van der Waals surface area contributed by atoms with Crippen LogP contribution in [0, 0.1) is 17.3 Å². The van der Waals surface area contributed by atoms with Gasteiger partial charge in [-0.1, -0.05) is 38.5 Å². The topological polar surface area (TPSA) is 34.1 Å². The molecule has 0 aromatic carbocycles. The number of carbonyl (C=O) groups excluding carboxylic acids is 2. The van der Waals surface area contributed by atoms with E-state index in [0.29, 0.717) is 17.9 Å². The molecule has 0 N–H and O–H groups in total. The van der Waals surface area contributed by atoms with E-state index in [1.54, 1.807) is 0 Å². The van der Waals surface area contributed by atoms with Crippen LogP contribution in [0.2, 0.25) is 0 Å². The lowest BCUT2D eigenvalue weighted by atomic mass is 9.64. The van der Waals surface area contributed by atoms with Crippen molar-refractivity contribution in [2.45, 2.75) is 52.9 Å². The maximum absolute atomic E-state index is 12.5. The summed E-state index contributed by atoms with van der Waals surface area (Å²) in [5, 5.41) is 0. The second-order valence-electron chi connectivity index (χ2n) is 7.33. The van der Waals surface area contributed by atoms with Gasteiger partial charge in [-0.2, -0.15) is 0 Å². The van der Waals surface area contributed by atoms with Crippen molar-refractivity contribution < 1.29 is 9.59 Å². The van der Waals surface area contributed by atoms with E-state index in [-0.39, 0.29) is 17.1 Å². The average molecular weight is 284 g/mol. The third kappa shape index (κ3) is 2.25. The van der Waals surface area contributed by atoms with Crippen molar-refractivity contribution in [2.75, 3.05) is 0 Å². The number of fused-ring (bicyclic) bond motifs is 3. The Morgan fingerprint density at radius 2 is 2.05 bits per heavy atom. The molecule has 2 unspecified atom stereocenters. The van der Waals surface area contributed by atoms with Crippen molar-refractivity contribution in [1.82, 2.24) is 0 Å². The highest BCUT2D eigenvalue weighted by Gasteiger charge is 2.45. The van der Waals surface area contributed by atoms with E-state index in [1.165, 1.54) is 23.1 Å². The molecule has 112 valence electrons. The summed E-state index contributed by atoms with van der Waals surface area (Å²) in [6.45, 7) is 6.86. The molecule has 0 spiro atoms. The second-order valence-corrected chi connectivity index (χ2v) is 7.33. The van der Waals surface area contributed by atoms with E-state index < -0.39 is 0 Å². The fourth-order valence-corrected chi connectivity index (χ4v) is 4.40. The van der Waals surface area contributed by atoms with Gasteiger partial charge in [-0.25, -0.2) is 0 Å². The molecule has 0 heterocycles. The molecule has 0 aliphatic heterocycles. The first-order valence-corrected chi connectivity index (χ1v) is 8.09. The summed E-state index contributed by atoms with van der Waals surface area (Å²) in [6.07, 6.45) is 9.48. The zero-order chi connectivity index (χ0) is 15.2. The molecule has 2 nitrogen and oxygen atoms in total. The van der Waals surface area contributed by atoms with Crippen LogP contribution in [0.25, 0.3) is 0 Å². The predicted octanol–water partition coefficient (Wildman–Crippen LogP) is 4.17. The number of aldehydes is 1. The quantitative estimate of drug-likeness (QED) is 0.713. The number of rotatable bonds is 2. The fraction of sp³-hybridized carbons (Fsp3) is 0.579. The number of allylic oxidation sites excluding steroid dienone is 6. The lowest BCUT2D eigenvalue weighted by molar-refractivity contribution is -0.122. The van der Waals surface area contributed by atoms with E-state index in [9.17, 15) is 9.59 Å². The number of ketones is 1. The van der Waals surface area contributed by atoms with Crippen molar-refractivity contribution in [3.63, 3.8) is 0 Å². The summed E-state index contributed by atoms with van der Waals surface area (Å²) in [4.78, 5) is 23.6. The number of hydrogen-bond donors (Lipinski definition) is 0. The van der Waals surface area contributed by atoms with Gasteiger partial charge in [0.1, 0.15) is 12.1 Å². The summed E-state index contributed by atoms with van der Waals surface area (Å²) in [5.74, 6) is 0.768. The normalized spacial score (nSPS) is 32.4. The minimum atomic E-state index is 0.00799. The number of carbonyl (C=O) groups is 2. The Morgan fingerprint density at radius 3 is 2.71 bits per heavy atom. The second kappa shape index (κ2) is 5.08. The molecule has 0 saturated heterocycles. The van der Waals surface area contributed by atoms with Gasteiger partial charge in [-0.3, -0.25) is 9.59 Å². The fourth-order valence-electron chi connectivity index (χ4n) is 4.40. The summed E-state index contributed by atoms with van der Waals surface area (Å²) in [7, 11) is 0. The molecule has 0 aromatic rings. The monoisotopic (exact) mass is 284 g/mol. The van der Waals surface area contributed by atoms with Crippen LogP contribution < -0.4 is 0 Å². The molecule has 3 aliphatic rings. The Hall–Kier alpha value is -1.44. The molecule has 0 radical (unpaired) electrons. The molecule has 21 heavy (non-hydrogen) atoms. The summed E-state index contributed by atoms with van der Waals surface area (Å²) in [5.41, 5.74) is 5.05. The van der Waals surface area contributed by atoms with Gasteiger partial charge in [0.05, 0.1) is 0 Å². The van der Waals surface area contributed by atoms with Crippen LogP contribution in [0.5, 0.6) is 0 Å². The highest BCUT2D eigenvalue weighted by atomic mass is 16.1. The average Bonchev–Trinajstić information content (AvgIpc) is 2.71. The number of Topliss-reactive ketones (excluding diaryl/α,β-unsaturated/α-hetero) is 1. The first kappa shape index (κ1) is 14.5. The van der Waals surface area contributed by atoms with Crippen molar-refractivity contribution in [1.29, 1.82) is 0 Å². The zero-order valence-electron chi connectivity index (χ0n) is 13.2. The third-order valence-electron chi connectivity index (χ3n) is 5.61. The Morgan fingerprint density at radius 1 is 1.29 bits per heavy atom. The first-order chi connectivity index (χ1) is 9.96. The van der Waals surface area contributed by atoms with Crippen LogP contribution in [0.3, 0.4) is 0 Å². The molecule has 3 aliphatic carbocycles. The molecular formula is C19H24O2. The minimum absolute atomic E-state index is 0.00799.